The highest BCUT2D eigenvalue weighted by molar-refractivity contribution is 5.95. The lowest BCUT2D eigenvalue weighted by Crippen LogP contribution is -2.44. The second-order valence-corrected chi connectivity index (χ2v) is 4.21. The number of ketones is 1. The summed E-state index contributed by atoms with van der Waals surface area (Å²) in [6.07, 6.45) is 0.974. The van der Waals surface area contributed by atoms with E-state index in [1.165, 1.54) is 0 Å². The van der Waals surface area contributed by atoms with E-state index in [0.29, 0.717) is 24.9 Å². The van der Waals surface area contributed by atoms with Gasteiger partial charge in [-0.3, -0.25) is 9.59 Å². The third kappa shape index (κ3) is 2.13. The predicted molar refractivity (Wildman–Crippen MR) is 61.2 cm³/mol. The maximum atomic E-state index is 12.1. The molecule has 1 amide bonds. The van der Waals surface area contributed by atoms with Crippen LogP contribution in [0.2, 0.25) is 0 Å². The van der Waals surface area contributed by atoms with Gasteiger partial charge in [0.15, 0.2) is 0 Å². The molecule has 16 heavy (non-hydrogen) atoms. The van der Waals surface area contributed by atoms with Gasteiger partial charge in [0.25, 0.3) is 5.91 Å². The number of carbonyl (C=O) groups is 2. The summed E-state index contributed by atoms with van der Waals surface area (Å²) in [7, 11) is 0. The number of rotatable bonds is 1. The molecule has 1 aliphatic heterocycles. The lowest BCUT2D eigenvalue weighted by Gasteiger charge is -2.32. The van der Waals surface area contributed by atoms with Crippen LogP contribution in [-0.4, -0.2) is 29.2 Å². The molecule has 0 saturated carbocycles. The van der Waals surface area contributed by atoms with Gasteiger partial charge in [0.2, 0.25) is 0 Å². The Hall–Kier alpha value is -1.64. The monoisotopic (exact) mass is 217 g/mol. The average Bonchev–Trinajstić information content (AvgIpc) is 2.29. The van der Waals surface area contributed by atoms with Crippen molar-refractivity contribution in [3.05, 3.63) is 35.9 Å². The van der Waals surface area contributed by atoms with Crippen LogP contribution in [-0.2, 0) is 4.79 Å². The summed E-state index contributed by atoms with van der Waals surface area (Å²) in [6.45, 7) is 2.48. The Labute approximate surface area is 95.1 Å². The third-order valence-corrected chi connectivity index (χ3v) is 2.97. The average molecular weight is 217 g/mol. The normalized spacial score (nSPS) is 20.9. The van der Waals surface area contributed by atoms with Crippen LogP contribution in [0.5, 0.6) is 0 Å². The molecule has 84 valence electrons. The van der Waals surface area contributed by atoms with Crippen molar-refractivity contribution in [2.24, 2.45) is 0 Å². The van der Waals surface area contributed by atoms with E-state index in [-0.39, 0.29) is 17.7 Å². The van der Waals surface area contributed by atoms with E-state index in [1.54, 1.807) is 4.90 Å². The van der Waals surface area contributed by atoms with E-state index in [4.69, 9.17) is 0 Å². The molecular formula is C13H15NO2. The van der Waals surface area contributed by atoms with Crippen LogP contribution in [0.15, 0.2) is 30.3 Å². The Morgan fingerprint density at radius 1 is 1.31 bits per heavy atom. The molecule has 1 atom stereocenters. The van der Waals surface area contributed by atoms with Crippen molar-refractivity contribution < 1.29 is 9.59 Å². The van der Waals surface area contributed by atoms with Crippen molar-refractivity contribution in [3.8, 4) is 0 Å². The van der Waals surface area contributed by atoms with Crippen LogP contribution in [0.1, 0.15) is 30.1 Å². The molecule has 1 aromatic rings. The fourth-order valence-corrected chi connectivity index (χ4v) is 2.06. The fraction of sp³-hybridized carbons (Fsp3) is 0.385. The summed E-state index contributed by atoms with van der Waals surface area (Å²) in [4.78, 5) is 25.2. The number of carbonyl (C=O) groups excluding carboxylic acids is 2. The maximum Gasteiger partial charge on any atom is 0.254 e. The van der Waals surface area contributed by atoms with Gasteiger partial charge >= 0.3 is 0 Å². The molecule has 1 saturated heterocycles. The van der Waals surface area contributed by atoms with Gasteiger partial charge in [0.05, 0.1) is 0 Å². The maximum absolute atomic E-state index is 12.1. The molecule has 0 bridgehead atoms. The molecule has 1 fully saturated rings. The Bertz CT molecular complexity index is 400. The van der Waals surface area contributed by atoms with Gasteiger partial charge in [0.1, 0.15) is 5.78 Å². The first kappa shape index (κ1) is 10.9. The lowest BCUT2D eigenvalue weighted by atomic mass is 10.0. The largest absolute Gasteiger partial charge is 0.335 e. The van der Waals surface area contributed by atoms with Gasteiger partial charge in [-0.25, -0.2) is 0 Å². The summed E-state index contributed by atoms with van der Waals surface area (Å²) < 4.78 is 0. The first-order chi connectivity index (χ1) is 7.68. The predicted octanol–water partition coefficient (Wildman–Crippen LogP) is 1.88. The van der Waals surface area contributed by atoms with Gasteiger partial charge in [-0.15, -0.1) is 0 Å². The minimum absolute atomic E-state index is 0.0222. The van der Waals surface area contributed by atoms with Crippen LogP contribution >= 0.6 is 0 Å². The first-order valence-corrected chi connectivity index (χ1v) is 5.56. The molecule has 0 aromatic heterocycles. The van der Waals surface area contributed by atoms with E-state index in [9.17, 15) is 9.59 Å². The van der Waals surface area contributed by atoms with E-state index in [1.807, 2.05) is 37.3 Å². The second kappa shape index (κ2) is 4.47. The second-order valence-electron chi connectivity index (χ2n) is 4.21. The molecule has 1 aliphatic rings. The topological polar surface area (TPSA) is 37.4 Å². The van der Waals surface area contributed by atoms with E-state index >= 15 is 0 Å². The van der Waals surface area contributed by atoms with E-state index in [2.05, 4.69) is 0 Å². The minimum Gasteiger partial charge on any atom is -0.335 e. The summed E-state index contributed by atoms with van der Waals surface area (Å²) in [5.74, 6) is 0.283. The van der Waals surface area contributed by atoms with Crippen LogP contribution in [0.25, 0.3) is 0 Å². The van der Waals surface area contributed by atoms with Crippen LogP contribution in [0, 0.1) is 0 Å². The molecule has 0 radical (unpaired) electrons. The van der Waals surface area contributed by atoms with Crippen LogP contribution in [0.4, 0.5) is 0 Å². The quantitative estimate of drug-likeness (QED) is 0.720. The van der Waals surface area contributed by atoms with Crippen LogP contribution in [0.3, 0.4) is 0 Å². The van der Waals surface area contributed by atoms with Crippen molar-refractivity contribution in [1.29, 1.82) is 0 Å². The van der Waals surface area contributed by atoms with Gasteiger partial charge in [-0.2, -0.15) is 0 Å². The van der Waals surface area contributed by atoms with E-state index < -0.39 is 0 Å². The molecule has 1 heterocycles. The molecule has 0 unspecified atom stereocenters. The zero-order chi connectivity index (χ0) is 11.5. The summed E-state index contributed by atoms with van der Waals surface area (Å²) >= 11 is 0. The number of amides is 1. The molecular weight excluding hydrogens is 202 g/mol. The number of Topliss-reactive ketones (excluding diaryl/α,β-unsaturated/α-hetero) is 1. The standard InChI is InChI=1S/C13H15NO2/c1-10-9-12(15)7-8-14(10)13(16)11-5-3-2-4-6-11/h2-6,10H,7-9H2,1H3/t10-/m0/s1. The summed E-state index contributed by atoms with van der Waals surface area (Å²) in [5.41, 5.74) is 0.698. The number of likely N-dealkylation sites (tertiary alicyclic amines) is 1. The number of nitrogens with zero attached hydrogens (tertiary/aromatic N) is 1. The van der Waals surface area contributed by atoms with Gasteiger partial charge in [-0.05, 0) is 19.1 Å². The molecule has 3 nitrogen and oxygen atoms in total. The van der Waals surface area contributed by atoms with Crippen molar-refractivity contribution >= 4 is 11.7 Å². The first-order valence-electron chi connectivity index (χ1n) is 5.56. The zero-order valence-corrected chi connectivity index (χ0v) is 9.35. The van der Waals surface area contributed by atoms with Crippen molar-refractivity contribution in [1.82, 2.24) is 4.90 Å². The van der Waals surface area contributed by atoms with Crippen LogP contribution < -0.4 is 0 Å². The van der Waals surface area contributed by atoms with E-state index in [0.717, 1.165) is 0 Å². The number of benzene rings is 1. The van der Waals surface area contributed by atoms with Gasteiger partial charge in [-0.1, -0.05) is 18.2 Å². The minimum atomic E-state index is 0.0222. The zero-order valence-electron chi connectivity index (χ0n) is 9.35. The molecule has 0 N–H and O–H groups in total. The fourth-order valence-electron chi connectivity index (χ4n) is 2.06. The Morgan fingerprint density at radius 2 is 2.00 bits per heavy atom. The van der Waals surface area contributed by atoms with Crippen molar-refractivity contribution in [2.45, 2.75) is 25.8 Å². The highest BCUT2D eigenvalue weighted by atomic mass is 16.2. The number of hydrogen-bond donors (Lipinski definition) is 0. The molecule has 3 heteroatoms. The summed E-state index contributed by atoms with van der Waals surface area (Å²) in [5, 5.41) is 0. The van der Waals surface area contributed by atoms with Gasteiger partial charge in [0, 0.05) is 31.0 Å². The number of hydrogen-bond acceptors (Lipinski definition) is 2. The van der Waals surface area contributed by atoms with Crippen molar-refractivity contribution in [2.75, 3.05) is 6.54 Å². The van der Waals surface area contributed by atoms with Gasteiger partial charge < -0.3 is 4.90 Å². The Kier molecular flexibility index (Phi) is 3.04. The Morgan fingerprint density at radius 3 is 2.62 bits per heavy atom. The summed E-state index contributed by atoms with van der Waals surface area (Å²) in [6, 6.07) is 9.24. The smallest absolute Gasteiger partial charge is 0.254 e. The molecule has 0 spiro atoms. The molecule has 0 aliphatic carbocycles. The molecule has 2 rings (SSSR count). The number of piperidine rings is 1. The lowest BCUT2D eigenvalue weighted by molar-refractivity contribution is -0.122. The third-order valence-electron chi connectivity index (χ3n) is 2.97. The molecule has 1 aromatic carbocycles. The Balaban J connectivity index is 2.14. The SMILES string of the molecule is C[C@H]1CC(=O)CCN1C(=O)c1ccccc1. The van der Waals surface area contributed by atoms with Crippen molar-refractivity contribution in [3.63, 3.8) is 0 Å². The highest BCUT2D eigenvalue weighted by Crippen LogP contribution is 2.17. The highest BCUT2D eigenvalue weighted by Gasteiger charge is 2.27.